The smallest absolute Gasteiger partial charge is 0.161 e. The van der Waals surface area contributed by atoms with E-state index in [4.69, 9.17) is 11.6 Å². The van der Waals surface area contributed by atoms with Gasteiger partial charge in [-0.25, -0.2) is 9.97 Å². The van der Waals surface area contributed by atoms with E-state index in [9.17, 15) is 0 Å². The lowest BCUT2D eigenvalue weighted by Gasteiger charge is -2.03. The Morgan fingerprint density at radius 1 is 1.33 bits per heavy atom. The number of nitrogens with zero attached hydrogens (tertiary/aromatic N) is 3. The molecule has 0 saturated heterocycles. The van der Waals surface area contributed by atoms with Crippen LogP contribution in [0.3, 0.4) is 0 Å². The molecule has 0 aliphatic rings. The van der Waals surface area contributed by atoms with Crippen molar-refractivity contribution in [1.29, 1.82) is 0 Å². The zero-order valence-electron chi connectivity index (χ0n) is 8.31. The number of rotatable bonds is 2. The molecule has 2 rings (SSSR count). The third kappa shape index (κ3) is 2.30. The van der Waals surface area contributed by atoms with E-state index in [1.54, 1.807) is 12.4 Å². The first kappa shape index (κ1) is 10.1. The van der Waals surface area contributed by atoms with Gasteiger partial charge in [-0.15, -0.1) is 11.6 Å². The number of aromatic nitrogens is 3. The lowest BCUT2D eigenvalue weighted by molar-refractivity contribution is 1.05. The van der Waals surface area contributed by atoms with Crippen LogP contribution in [0.4, 0.5) is 0 Å². The molecular weight excluding hydrogens is 210 g/mol. The fourth-order valence-electron chi connectivity index (χ4n) is 1.33. The Labute approximate surface area is 93.2 Å². The van der Waals surface area contributed by atoms with Gasteiger partial charge in [0.15, 0.2) is 5.82 Å². The number of pyridine rings is 1. The lowest BCUT2D eigenvalue weighted by atomic mass is 10.2. The van der Waals surface area contributed by atoms with Gasteiger partial charge in [0.1, 0.15) is 0 Å². The quantitative estimate of drug-likeness (QED) is 0.729. The van der Waals surface area contributed by atoms with Gasteiger partial charge < -0.3 is 0 Å². The molecule has 0 atom stereocenters. The van der Waals surface area contributed by atoms with Crippen molar-refractivity contribution >= 4 is 11.6 Å². The van der Waals surface area contributed by atoms with Gasteiger partial charge in [-0.2, -0.15) is 0 Å². The highest BCUT2D eigenvalue weighted by atomic mass is 35.5. The first-order chi connectivity index (χ1) is 7.29. The average Bonchev–Trinajstić information content (AvgIpc) is 2.29. The first-order valence-corrected chi connectivity index (χ1v) is 5.14. The molecule has 0 fully saturated rings. The van der Waals surface area contributed by atoms with Gasteiger partial charge >= 0.3 is 0 Å². The molecule has 0 aliphatic carbocycles. The SMILES string of the molecule is Cc1cc(CCl)nc(-c2cccnc2)n1. The minimum absolute atomic E-state index is 0.399. The van der Waals surface area contributed by atoms with Crippen molar-refractivity contribution in [3.8, 4) is 11.4 Å². The topological polar surface area (TPSA) is 38.7 Å². The second-order valence-corrected chi connectivity index (χ2v) is 3.47. The summed E-state index contributed by atoms with van der Waals surface area (Å²) in [7, 11) is 0. The van der Waals surface area contributed by atoms with Crippen LogP contribution in [0.1, 0.15) is 11.4 Å². The molecule has 0 aromatic carbocycles. The van der Waals surface area contributed by atoms with Crippen LogP contribution in [-0.2, 0) is 5.88 Å². The van der Waals surface area contributed by atoms with E-state index < -0.39 is 0 Å². The maximum atomic E-state index is 5.75. The van der Waals surface area contributed by atoms with Crippen LogP contribution in [0.25, 0.3) is 11.4 Å². The molecule has 0 amide bonds. The fraction of sp³-hybridized carbons (Fsp3) is 0.182. The molecule has 0 spiro atoms. The molecule has 76 valence electrons. The number of hydrogen-bond donors (Lipinski definition) is 0. The van der Waals surface area contributed by atoms with E-state index in [0.29, 0.717) is 11.7 Å². The second kappa shape index (κ2) is 4.36. The van der Waals surface area contributed by atoms with Crippen molar-refractivity contribution in [2.75, 3.05) is 0 Å². The standard InChI is InChI=1S/C11H10ClN3/c1-8-5-10(6-12)15-11(14-8)9-3-2-4-13-7-9/h2-5,7H,6H2,1H3. The predicted octanol–water partition coefficient (Wildman–Crippen LogP) is 2.59. The Bertz CT molecular complexity index is 457. The van der Waals surface area contributed by atoms with E-state index in [1.165, 1.54) is 0 Å². The summed E-state index contributed by atoms with van der Waals surface area (Å²) < 4.78 is 0. The Kier molecular flexibility index (Phi) is 2.92. The number of alkyl halides is 1. The molecule has 4 heteroatoms. The van der Waals surface area contributed by atoms with Gasteiger partial charge in [0.05, 0.1) is 11.6 Å². The van der Waals surface area contributed by atoms with E-state index in [-0.39, 0.29) is 0 Å². The summed E-state index contributed by atoms with van der Waals surface area (Å²) in [5, 5.41) is 0. The van der Waals surface area contributed by atoms with Crippen molar-refractivity contribution in [3.63, 3.8) is 0 Å². The molecular formula is C11H10ClN3. The third-order valence-corrected chi connectivity index (χ3v) is 2.24. The highest BCUT2D eigenvalue weighted by Crippen LogP contribution is 2.14. The molecule has 3 nitrogen and oxygen atoms in total. The summed E-state index contributed by atoms with van der Waals surface area (Å²) in [5.74, 6) is 1.08. The van der Waals surface area contributed by atoms with Crippen molar-refractivity contribution in [3.05, 3.63) is 42.0 Å². The monoisotopic (exact) mass is 219 g/mol. The second-order valence-electron chi connectivity index (χ2n) is 3.20. The summed E-state index contributed by atoms with van der Waals surface area (Å²) in [4.78, 5) is 12.7. The molecule has 0 N–H and O–H groups in total. The van der Waals surface area contributed by atoms with Crippen LogP contribution < -0.4 is 0 Å². The van der Waals surface area contributed by atoms with Crippen molar-refractivity contribution in [2.24, 2.45) is 0 Å². The maximum Gasteiger partial charge on any atom is 0.161 e. The minimum atomic E-state index is 0.399. The van der Waals surface area contributed by atoms with Gasteiger partial charge in [0.25, 0.3) is 0 Å². The molecule has 0 aliphatic heterocycles. The van der Waals surface area contributed by atoms with Crippen LogP contribution in [0, 0.1) is 6.92 Å². The Morgan fingerprint density at radius 2 is 2.20 bits per heavy atom. The zero-order valence-corrected chi connectivity index (χ0v) is 9.07. The molecule has 2 aromatic heterocycles. The van der Waals surface area contributed by atoms with Gasteiger partial charge in [-0.3, -0.25) is 4.98 Å². The third-order valence-electron chi connectivity index (χ3n) is 1.96. The first-order valence-electron chi connectivity index (χ1n) is 4.60. The number of hydrogen-bond acceptors (Lipinski definition) is 3. The molecule has 0 saturated carbocycles. The molecule has 15 heavy (non-hydrogen) atoms. The predicted molar refractivity (Wildman–Crippen MR) is 59.6 cm³/mol. The van der Waals surface area contributed by atoms with E-state index in [0.717, 1.165) is 17.0 Å². The molecule has 0 unspecified atom stereocenters. The van der Waals surface area contributed by atoms with Crippen LogP contribution >= 0.6 is 11.6 Å². The van der Waals surface area contributed by atoms with E-state index in [2.05, 4.69) is 15.0 Å². The van der Waals surface area contributed by atoms with Gasteiger partial charge in [-0.05, 0) is 25.1 Å². The Hall–Kier alpha value is -1.48. The van der Waals surface area contributed by atoms with Crippen LogP contribution in [-0.4, -0.2) is 15.0 Å². The lowest BCUT2D eigenvalue weighted by Crippen LogP contribution is -1.96. The zero-order chi connectivity index (χ0) is 10.7. The van der Waals surface area contributed by atoms with Gasteiger partial charge in [0, 0.05) is 23.7 Å². The van der Waals surface area contributed by atoms with Gasteiger partial charge in [0.2, 0.25) is 0 Å². The number of halogens is 1. The summed E-state index contributed by atoms with van der Waals surface area (Å²) in [6.07, 6.45) is 3.47. The fourth-order valence-corrected chi connectivity index (χ4v) is 1.46. The molecule has 0 bridgehead atoms. The Morgan fingerprint density at radius 3 is 2.87 bits per heavy atom. The summed E-state index contributed by atoms with van der Waals surface area (Å²) >= 11 is 5.75. The highest BCUT2D eigenvalue weighted by molar-refractivity contribution is 6.16. The Balaban J connectivity index is 2.49. The summed E-state index contributed by atoms with van der Waals surface area (Å²) in [6, 6.07) is 5.67. The molecule has 2 aromatic rings. The highest BCUT2D eigenvalue weighted by Gasteiger charge is 2.03. The number of aryl methyl sites for hydroxylation is 1. The van der Waals surface area contributed by atoms with Crippen molar-refractivity contribution in [1.82, 2.24) is 15.0 Å². The summed E-state index contributed by atoms with van der Waals surface area (Å²) in [5.41, 5.74) is 2.66. The largest absolute Gasteiger partial charge is 0.264 e. The summed E-state index contributed by atoms with van der Waals surface area (Å²) in [6.45, 7) is 1.93. The van der Waals surface area contributed by atoms with Crippen molar-refractivity contribution < 1.29 is 0 Å². The van der Waals surface area contributed by atoms with E-state index in [1.807, 2.05) is 25.1 Å². The van der Waals surface area contributed by atoms with Crippen LogP contribution in [0.15, 0.2) is 30.6 Å². The van der Waals surface area contributed by atoms with E-state index >= 15 is 0 Å². The maximum absolute atomic E-state index is 5.75. The van der Waals surface area contributed by atoms with Gasteiger partial charge in [-0.1, -0.05) is 0 Å². The van der Waals surface area contributed by atoms with Crippen molar-refractivity contribution in [2.45, 2.75) is 12.8 Å². The minimum Gasteiger partial charge on any atom is -0.264 e. The molecule has 2 heterocycles. The molecule has 0 radical (unpaired) electrons. The normalized spacial score (nSPS) is 10.3. The van der Waals surface area contributed by atoms with Crippen LogP contribution in [0.2, 0.25) is 0 Å². The van der Waals surface area contributed by atoms with Crippen LogP contribution in [0.5, 0.6) is 0 Å². The average molecular weight is 220 g/mol.